The summed E-state index contributed by atoms with van der Waals surface area (Å²) >= 11 is 0. The molecule has 0 saturated carbocycles. The molecule has 1 heterocycles. The molecule has 0 radical (unpaired) electrons. The van der Waals surface area contributed by atoms with E-state index in [0.29, 0.717) is 23.5 Å². The van der Waals surface area contributed by atoms with Crippen LogP contribution in [0, 0.1) is 11.3 Å². The van der Waals surface area contributed by atoms with E-state index in [-0.39, 0.29) is 25.2 Å². The van der Waals surface area contributed by atoms with E-state index in [4.69, 9.17) is 14.2 Å². The molecule has 0 unspecified atom stereocenters. The lowest BCUT2D eigenvalue weighted by Crippen LogP contribution is -2.09. The standard InChI is InChI=1S/C22H20N2O5/c1-3-27-22(26)16-4-6-18(7-5-16)24-14-17(13-23)20-12-19(8-9-21(20)24)29-11-10-28-15(2)25/h4-9,12,14H,3,10-11H2,1-2H3. The van der Waals surface area contributed by atoms with E-state index in [1.165, 1.54) is 6.92 Å². The van der Waals surface area contributed by atoms with Crippen molar-refractivity contribution in [3.63, 3.8) is 0 Å². The third kappa shape index (κ3) is 4.55. The van der Waals surface area contributed by atoms with Gasteiger partial charge in [-0.05, 0) is 49.4 Å². The van der Waals surface area contributed by atoms with E-state index in [2.05, 4.69) is 6.07 Å². The van der Waals surface area contributed by atoms with Gasteiger partial charge in [0.25, 0.3) is 0 Å². The second-order valence-electron chi connectivity index (χ2n) is 6.16. The highest BCUT2D eigenvalue weighted by Crippen LogP contribution is 2.28. The first kappa shape index (κ1) is 20.0. The van der Waals surface area contributed by atoms with Gasteiger partial charge in [-0.1, -0.05) is 0 Å². The van der Waals surface area contributed by atoms with Crippen molar-refractivity contribution >= 4 is 22.8 Å². The molecule has 0 spiro atoms. The zero-order chi connectivity index (χ0) is 20.8. The quantitative estimate of drug-likeness (QED) is 0.451. The fraction of sp³-hybridized carbons (Fsp3) is 0.227. The maximum Gasteiger partial charge on any atom is 0.338 e. The smallest absolute Gasteiger partial charge is 0.338 e. The van der Waals surface area contributed by atoms with Crippen LogP contribution in [0.3, 0.4) is 0 Å². The van der Waals surface area contributed by atoms with E-state index < -0.39 is 0 Å². The Labute approximate surface area is 168 Å². The van der Waals surface area contributed by atoms with Crippen LogP contribution in [0.25, 0.3) is 16.6 Å². The van der Waals surface area contributed by atoms with E-state index in [0.717, 1.165) is 16.6 Å². The average molecular weight is 392 g/mol. The van der Waals surface area contributed by atoms with Crippen molar-refractivity contribution in [3.05, 3.63) is 59.8 Å². The maximum absolute atomic E-state index is 11.8. The van der Waals surface area contributed by atoms with Crippen molar-refractivity contribution < 1.29 is 23.8 Å². The van der Waals surface area contributed by atoms with Crippen LogP contribution in [-0.2, 0) is 14.3 Å². The monoisotopic (exact) mass is 392 g/mol. The van der Waals surface area contributed by atoms with Crippen molar-refractivity contribution in [2.45, 2.75) is 13.8 Å². The molecule has 0 atom stereocenters. The number of aromatic nitrogens is 1. The molecule has 0 aliphatic carbocycles. The number of carbonyl (C=O) groups is 2. The number of nitriles is 1. The molecule has 0 fully saturated rings. The number of benzene rings is 2. The number of esters is 2. The van der Waals surface area contributed by atoms with Gasteiger partial charge in [0.15, 0.2) is 0 Å². The molecule has 7 nitrogen and oxygen atoms in total. The Hall–Kier alpha value is -3.79. The van der Waals surface area contributed by atoms with Gasteiger partial charge in [0, 0.05) is 24.2 Å². The second kappa shape index (κ2) is 8.93. The Morgan fingerprint density at radius 1 is 1.07 bits per heavy atom. The molecule has 0 N–H and O–H groups in total. The first-order valence-electron chi connectivity index (χ1n) is 9.12. The Morgan fingerprint density at radius 2 is 1.83 bits per heavy atom. The fourth-order valence-electron chi connectivity index (χ4n) is 2.92. The lowest BCUT2D eigenvalue weighted by Gasteiger charge is -2.09. The van der Waals surface area contributed by atoms with E-state index in [9.17, 15) is 14.9 Å². The van der Waals surface area contributed by atoms with Gasteiger partial charge >= 0.3 is 11.9 Å². The van der Waals surface area contributed by atoms with Gasteiger partial charge in [-0.2, -0.15) is 5.26 Å². The van der Waals surface area contributed by atoms with Crippen LogP contribution in [0.2, 0.25) is 0 Å². The Morgan fingerprint density at radius 3 is 2.48 bits per heavy atom. The third-order valence-corrected chi connectivity index (χ3v) is 4.21. The molecule has 3 rings (SSSR count). The van der Waals surface area contributed by atoms with Crippen molar-refractivity contribution in [2.24, 2.45) is 0 Å². The summed E-state index contributed by atoms with van der Waals surface area (Å²) in [7, 11) is 0. The summed E-state index contributed by atoms with van der Waals surface area (Å²) in [4.78, 5) is 22.6. The number of hydrogen-bond acceptors (Lipinski definition) is 6. The zero-order valence-corrected chi connectivity index (χ0v) is 16.2. The van der Waals surface area contributed by atoms with Crippen LogP contribution in [-0.4, -0.2) is 36.3 Å². The van der Waals surface area contributed by atoms with E-state index in [1.54, 1.807) is 49.5 Å². The SMILES string of the molecule is CCOC(=O)c1ccc(-n2cc(C#N)c3cc(OCCOC(C)=O)ccc32)cc1. The van der Waals surface area contributed by atoms with Gasteiger partial charge in [-0.15, -0.1) is 0 Å². The number of hydrogen-bond donors (Lipinski definition) is 0. The minimum Gasteiger partial charge on any atom is -0.490 e. The molecular weight excluding hydrogens is 372 g/mol. The molecule has 0 bridgehead atoms. The van der Waals surface area contributed by atoms with E-state index >= 15 is 0 Å². The summed E-state index contributed by atoms with van der Waals surface area (Å²) in [6.07, 6.45) is 1.74. The normalized spacial score (nSPS) is 10.4. The summed E-state index contributed by atoms with van der Waals surface area (Å²) in [5.41, 5.74) is 2.61. The molecule has 0 amide bonds. The van der Waals surface area contributed by atoms with Crippen LogP contribution in [0.5, 0.6) is 5.75 Å². The van der Waals surface area contributed by atoms with Crippen molar-refractivity contribution in [1.82, 2.24) is 4.57 Å². The molecule has 0 aliphatic rings. The summed E-state index contributed by atoms with van der Waals surface area (Å²) in [5.74, 6) is -0.150. The minimum absolute atomic E-state index is 0.159. The number of carbonyl (C=O) groups excluding carboxylic acids is 2. The van der Waals surface area contributed by atoms with Gasteiger partial charge in [0.1, 0.15) is 25.0 Å². The molecule has 1 aromatic heterocycles. The van der Waals surface area contributed by atoms with Crippen LogP contribution in [0.1, 0.15) is 29.8 Å². The Bertz CT molecular complexity index is 1080. The molecule has 3 aromatic rings. The molecule has 148 valence electrons. The molecule has 0 aliphatic heterocycles. The lowest BCUT2D eigenvalue weighted by atomic mass is 10.2. The summed E-state index contributed by atoms with van der Waals surface area (Å²) in [5, 5.41) is 10.3. The first-order chi connectivity index (χ1) is 14.0. The van der Waals surface area contributed by atoms with Crippen LogP contribution in [0.4, 0.5) is 0 Å². The topological polar surface area (TPSA) is 90.6 Å². The summed E-state index contributed by atoms with van der Waals surface area (Å²) < 4.78 is 17.3. The van der Waals surface area contributed by atoms with Gasteiger partial charge < -0.3 is 18.8 Å². The first-order valence-corrected chi connectivity index (χ1v) is 9.12. The highest BCUT2D eigenvalue weighted by molar-refractivity contribution is 5.91. The van der Waals surface area contributed by atoms with Gasteiger partial charge in [-0.3, -0.25) is 4.79 Å². The summed E-state index contributed by atoms with van der Waals surface area (Å²) in [6, 6.07) is 14.6. The highest BCUT2D eigenvalue weighted by atomic mass is 16.6. The van der Waals surface area contributed by atoms with Crippen LogP contribution < -0.4 is 4.74 Å². The highest BCUT2D eigenvalue weighted by Gasteiger charge is 2.12. The molecule has 2 aromatic carbocycles. The van der Waals surface area contributed by atoms with Gasteiger partial charge in [0.2, 0.25) is 0 Å². The summed E-state index contributed by atoms with van der Waals surface area (Å²) in [6.45, 7) is 3.80. The number of nitrogens with zero attached hydrogens (tertiary/aromatic N) is 2. The zero-order valence-electron chi connectivity index (χ0n) is 16.2. The largest absolute Gasteiger partial charge is 0.490 e. The second-order valence-corrected chi connectivity index (χ2v) is 6.16. The van der Waals surface area contributed by atoms with Crippen LogP contribution in [0.15, 0.2) is 48.7 Å². The number of fused-ring (bicyclic) bond motifs is 1. The molecule has 0 saturated heterocycles. The number of ether oxygens (including phenoxy) is 3. The predicted octanol–water partition coefficient (Wildman–Crippen LogP) is 3.62. The van der Waals surface area contributed by atoms with Crippen molar-refractivity contribution in [1.29, 1.82) is 5.26 Å². The lowest BCUT2D eigenvalue weighted by molar-refractivity contribution is -0.141. The predicted molar refractivity (Wildman–Crippen MR) is 106 cm³/mol. The van der Waals surface area contributed by atoms with E-state index in [1.807, 2.05) is 10.6 Å². The van der Waals surface area contributed by atoms with Crippen molar-refractivity contribution in [2.75, 3.05) is 19.8 Å². The van der Waals surface area contributed by atoms with Crippen LogP contribution >= 0.6 is 0 Å². The average Bonchev–Trinajstić information content (AvgIpc) is 3.09. The number of rotatable bonds is 7. The Balaban J connectivity index is 1.87. The maximum atomic E-state index is 11.8. The molecular formula is C22H20N2O5. The van der Waals surface area contributed by atoms with Crippen molar-refractivity contribution in [3.8, 4) is 17.5 Å². The fourth-order valence-corrected chi connectivity index (χ4v) is 2.92. The van der Waals surface area contributed by atoms with Gasteiger partial charge in [-0.25, -0.2) is 4.79 Å². The molecule has 7 heteroatoms. The third-order valence-electron chi connectivity index (χ3n) is 4.21. The Kier molecular flexibility index (Phi) is 6.15. The molecule has 29 heavy (non-hydrogen) atoms. The minimum atomic E-state index is -0.371. The van der Waals surface area contributed by atoms with Gasteiger partial charge in [0.05, 0.1) is 23.3 Å².